The lowest BCUT2D eigenvalue weighted by molar-refractivity contribution is 0.262. The summed E-state index contributed by atoms with van der Waals surface area (Å²) >= 11 is 12.1. The number of nitrogens with one attached hydrogen (secondary N) is 2. The van der Waals surface area contributed by atoms with Crippen LogP contribution in [0.15, 0.2) is 65.8 Å². The van der Waals surface area contributed by atoms with E-state index in [2.05, 4.69) is 25.7 Å². The highest BCUT2D eigenvalue weighted by molar-refractivity contribution is 6.39. The molecule has 0 spiro atoms. The van der Waals surface area contributed by atoms with Crippen LogP contribution >= 0.6 is 23.2 Å². The van der Waals surface area contributed by atoms with E-state index in [0.717, 1.165) is 16.7 Å². The lowest BCUT2D eigenvalue weighted by atomic mass is 10.0. The molecule has 0 bridgehead atoms. The zero-order chi connectivity index (χ0) is 24.9. The molecule has 178 valence electrons. The zero-order valence-electron chi connectivity index (χ0n) is 18.8. The molecular weight excluding hydrogens is 491 g/mol. The molecule has 0 unspecified atom stereocenters. The van der Waals surface area contributed by atoms with Gasteiger partial charge in [0.25, 0.3) is 5.56 Å². The number of urea groups is 1. The predicted molar refractivity (Wildman–Crippen MR) is 136 cm³/mol. The van der Waals surface area contributed by atoms with Gasteiger partial charge in [-0.2, -0.15) is 5.10 Å². The van der Waals surface area contributed by atoms with Gasteiger partial charge in [0.1, 0.15) is 5.69 Å². The minimum Gasteiger partial charge on any atom is -0.481 e. The Labute approximate surface area is 210 Å². The molecule has 11 heteroatoms. The van der Waals surface area contributed by atoms with Gasteiger partial charge in [0, 0.05) is 42.3 Å². The molecule has 3 aromatic heterocycles. The number of hydrogen-bond donors (Lipinski definition) is 2. The number of benzene rings is 1. The highest BCUT2D eigenvalue weighted by atomic mass is 35.5. The number of hydrogen-bond acceptors (Lipinski definition) is 6. The third-order valence-corrected chi connectivity index (χ3v) is 5.62. The van der Waals surface area contributed by atoms with Gasteiger partial charge in [0.15, 0.2) is 0 Å². The quantitative estimate of drug-likeness (QED) is 0.361. The van der Waals surface area contributed by atoms with Gasteiger partial charge in [-0.15, -0.1) is 0 Å². The number of halogens is 2. The largest absolute Gasteiger partial charge is 0.481 e. The van der Waals surface area contributed by atoms with Crippen molar-refractivity contribution in [2.45, 2.75) is 13.5 Å². The van der Waals surface area contributed by atoms with Crippen molar-refractivity contribution in [1.29, 1.82) is 0 Å². The van der Waals surface area contributed by atoms with Gasteiger partial charge in [-0.05, 0) is 30.7 Å². The molecule has 4 aromatic rings. The second kappa shape index (κ2) is 10.5. The topological polar surface area (TPSA) is 111 Å². The number of ether oxygens (including phenoxy) is 1. The minimum absolute atomic E-state index is 0.0483. The van der Waals surface area contributed by atoms with Gasteiger partial charge < -0.3 is 15.4 Å². The van der Waals surface area contributed by atoms with E-state index in [4.69, 9.17) is 27.9 Å². The van der Waals surface area contributed by atoms with E-state index in [0.29, 0.717) is 18.1 Å². The van der Waals surface area contributed by atoms with E-state index < -0.39 is 11.6 Å². The lowest BCUT2D eigenvalue weighted by Gasteiger charge is -2.13. The number of aromatic nitrogens is 4. The standard InChI is InChI=1S/C24H20Cl2N6O3/c1-3-32-23(33)20(29-24(34)30-22-17(25)12-27-13-18(22)26)10-19(31-32)15-6-4-5-14(9-15)16-7-8-21(35-2)28-11-16/h4-13H,3H2,1-2H3,(H2,27,29,30,34). The van der Waals surface area contributed by atoms with Crippen LogP contribution in [0, 0.1) is 0 Å². The van der Waals surface area contributed by atoms with Crippen molar-refractivity contribution in [3.05, 3.63) is 81.5 Å². The van der Waals surface area contributed by atoms with E-state index in [1.54, 1.807) is 26.3 Å². The van der Waals surface area contributed by atoms with E-state index in [9.17, 15) is 9.59 Å². The van der Waals surface area contributed by atoms with Crippen LogP contribution in [0.1, 0.15) is 6.92 Å². The van der Waals surface area contributed by atoms with E-state index in [1.165, 1.54) is 23.1 Å². The maximum atomic E-state index is 12.8. The van der Waals surface area contributed by atoms with Crippen molar-refractivity contribution >= 4 is 40.6 Å². The van der Waals surface area contributed by atoms with Crippen LogP contribution in [-0.2, 0) is 6.54 Å². The Hall–Kier alpha value is -3.95. The van der Waals surface area contributed by atoms with Crippen LogP contribution in [0.3, 0.4) is 0 Å². The minimum atomic E-state index is -0.685. The summed E-state index contributed by atoms with van der Waals surface area (Å²) in [6.07, 6.45) is 4.41. The molecular formula is C24H20Cl2N6O3. The molecule has 4 rings (SSSR count). The number of rotatable bonds is 6. The van der Waals surface area contributed by atoms with Crippen molar-refractivity contribution in [1.82, 2.24) is 19.7 Å². The molecule has 0 radical (unpaired) electrons. The predicted octanol–water partition coefficient (Wildman–Crippen LogP) is 5.35. The number of pyridine rings is 2. The summed E-state index contributed by atoms with van der Waals surface area (Å²) in [6, 6.07) is 12.1. The second-order valence-electron chi connectivity index (χ2n) is 7.29. The van der Waals surface area contributed by atoms with Gasteiger partial charge in [-0.25, -0.2) is 14.5 Å². The van der Waals surface area contributed by atoms with Crippen LogP contribution in [0.2, 0.25) is 10.0 Å². The first-order valence-electron chi connectivity index (χ1n) is 10.5. The number of carbonyl (C=O) groups excluding carboxylic acids is 1. The molecule has 0 aliphatic rings. The SMILES string of the molecule is CCn1nc(-c2cccc(-c3ccc(OC)nc3)c2)cc(NC(=O)Nc2c(Cl)cncc2Cl)c1=O. The zero-order valence-corrected chi connectivity index (χ0v) is 20.3. The molecule has 0 aliphatic heterocycles. The number of methoxy groups -OCH3 is 1. The van der Waals surface area contributed by atoms with E-state index in [1.807, 2.05) is 30.3 Å². The van der Waals surface area contributed by atoms with E-state index >= 15 is 0 Å². The molecule has 2 N–H and O–H groups in total. The maximum absolute atomic E-state index is 12.8. The molecule has 0 atom stereocenters. The number of amides is 2. The van der Waals surface area contributed by atoms with Crippen molar-refractivity contribution in [2.75, 3.05) is 17.7 Å². The van der Waals surface area contributed by atoms with Crippen LogP contribution < -0.4 is 20.9 Å². The smallest absolute Gasteiger partial charge is 0.323 e. The highest BCUT2D eigenvalue weighted by Gasteiger charge is 2.15. The highest BCUT2D eigenvalue weighted by Crippen LogP contribution is 2.29. The first kappa shape index (κ1) is 24.2. The number of aryl methyl sites for hydroxylation is 1. The van der Waals surface area contributed by atoms with Gasteiger partial charge in [0.05, 0.1) is 28.5 Å². The molecule has 2 amide bonds. The molecule has 9 nitrogen and oxygen atoms in total. The van der Waals surface area contributed by atoms with Crippen molar-refractivity contribution < 1.29 is 9.53 Å². The second-order valence-corrected chi connectivity index (χ2v) is 8.11. The molecule has 0 saturated heterocycles. The normalized spacial score (nSPS) is 10.6. The molecule has 3 heterocycles. The number of nitrogens with zero attached hydrogens (tertiary/aromatic N) is 4. The summed E-state index contributed by atoms with van der Waals surface area (Å²) < 4.78 is 6.40. The fourth-order valence-corrected chi connectivity index (χ4v) is 3.77. The van der Waals surface area contributed by atoms with Crippen LogP contribution in [0.4, 0.5) is 16.2 Å². The Kier molecular flexibility index (Phi) is 7.28. The summed E-state index contributed by atoms with van der Waals surface area (Å²) in [5, 5.41) is 9.90. The Bertz CT molecular complexity index is 1420. The van der Waals surface area contributed by atoms with Gasteiger partial charge in [0.2, 0.25) is 5.88 Å². The third-order valence-electron chi connectivity index (χ3n) is 5.05. The van der Waals surface area contributed by atoms with E-state index in [-0.39, 0.29) is 21.4 Å². The fraction of sp³-hybridized carbons (Fsp3) is 0.125. The molecule has 35 heavy (non-hydrogen) atoms. The van der Waals surface area contributed by atoms with Crippen LogP contribution in [0.25, 0.3) is 22.4 Å². The average Bonchev–Trinajstić information content (AvgIpc) is 2.87. The summed E-state index contributed by atoms with van der Waals surface area (Å²) in [4.78, 5) is 33.6. The van der Waals surface area contributed by atoms with Gasteiger partial charge in [-0.1, -0.05) is 41.4 Å². The summed E-state index contributed by atoms with van der Waals surface area (Å²) in [7, 11) is 1.56. The molecule has 0 saturated carbocycles. The lowest BCUT2D eigenvalue weighted by Crippen LogP contribution is -2.29. The molecule has 0 aliphatic carbocycles. The summed E-state index contributed by atoms with van der Waals surface area (Å²) in [5.74, 6) is 0.518. The van der Waals surface area contributed by atoms with Crippen LogP contribution in [-0.4, -0.2) is 32.9 Å². The molecule has 0 fully saturated rings. The first-order chi connectivity index (χ1) is 16.9. The number of anilines is 2. The Balaban J connectivity index is 1.66. The van der Waals surface area contributed by atoms with Crippen molar-refractivity contribution in [3.8, 4) is 28.3 Å². The summed E-state index contributed by atoms with van der Waals surface area (Å²) in [6.45, 7) is 2.10. The Morgan fingerprint density at radius 2 is 1.74 bits per heavy atom. The molecule has 1 aromatic carbocycles. The maximum Gasteiger partial charge on any atom is 0.323 e. The van der Waals surface area contributed by atoms with Crippen LogP contribution in [0.5, 0.6) is 5.88 Å². The van der Waals surface area contributed by atoms with Gasteiger partial charge >= 0.3 is 6.03 Å². The first-order valence-corrected chi connectivity index (χ1v) is 11.2. The third kappa shape index (κ3) is 5.42. The summed E-state index contributed by atoms with van der Waals surface area (Å²) in [5.41, 5.74) is 2.84. The van der Waals surface area contributed by atoms with Gasteiger partial charge in [-0.3, -0.25) is 9.78 Å². The fourth-order valence-electron chi connectivity index (χ4n) is 3.31. The Morgan fingerprint density at radius 1 is 1.00 bits per heavy atom. The van der Waals surface area contributed by atoms with Crippen molar-refractivity contribution in [3.63, 3.8) is 0 Å². The van der Waals surface area contributed by atoms with Crippen molar-refractivity contribution in [2.24, 2.45) is 0 Å². The number of carbonyl (C=O) groups is 1. The average molecular weight is 511 g/mol. The Morgan fingerprint density at radius 3 is 2.40 bits per heavy atom. The monoisotopic (exact) mass is 510 g/mol.